The topological polar surface area (TPSA) is 69.0 Å². The third-order valence-corrected chi connectivity index (χ3v) is 5.14. The van der Waals surface area contributed by atoms with Gasteiger partial charge in [0, 0.05) is 48.9 Å². The molecule has 0 aliphatic carbocycles. The molecular formula is C25H23FN4O2. The van der Waals surface area contributed by atoms with E-state index in [9.17, 15) is 9.18 Å². The second kappa shape index (κ2) is 9.43. The van der Waals surface area contributed by atoms with Crippen molar-refractivity contribution < 1.29 is 13.9 Å². The van der Waals surface area contributed by atoms with Crippen molar-refractivity contribution in [1.82, 2.24) is 19.9 Å². The van der Waals surface area contributed by atoms with Crippen LogP contribution in [0.4, 0.5) is 4.39 Å². The van der Waals surface area contributed by atoms with Gasteiger partial charge in [0.25, 0.3) is 5.91 Å². The van der Waals surface area contributed by atoms with Gasteiger partial charge in [-0.2, -0.15) is 0 Å². The lowest BCUT2D eigenvalue weighted by molar-refractivity contribution is 0.0946. The monoisotopic (exact) mass is 430 g/mol. The van der Waals surface area contributed by atoms with E-state index in [2.05, 4.69) is 15.3 Å². The van der Waals surface area contributed by atoms with E-state index >= 15 is 0 Å². The molecular weight excluding hydrogens is 407 g/mol. The van der Waals surface area contributed by atoms with Crippen molar-refractivity contribution >= 4 is 5.91 Å². The maximum absolute atomic E-state index is 13.4. The van der Waals surface area contributed by atoms with Gasteiger partial charge >= 0.3 is 0 Å². The van der Waals surface area contributed by atoms with E-state index in [0.29, 0.717) is 30.0 Å². The Hall–Kier alpha value is -4.00. The van der Waals surface area contributed by atoms with Gasteiger partial charge < -0.3 is 14.6 Å². The number of benzene rings is 2. The number of amides is 1. The maximum Gasteiger partial charge on any atom is 0.267 e. The first kappa shape index (κ1) is 21.2. The fourth-order valence-electron chi connectivity index (χ4n) is 3.44. The molecule has 0 saturated carbocycles. The molecule has 0 fully saturated rings. The lowest BCUT2D eigenvalue weighted by atomic mass is 10.1. The summed E-state index contributed by atoms with van der Waals surface area (Å²) in [5.74, 6) is 0.755. The fraction of sp³-hybridized carbons (Fsp3) is 0.160. The van der Waals surface area contributed by atoms with Crippen LogP contribution in [0.3, 0.4) is 0 Å². The molecule has 0 saturated heterocycles. The van der Waals surface area contributed by atoms with Gasteiger partial charge in [0.2, 0.25) is 0 Å². The van der Waals surface area contributed by atoms with E-state index in [0.717, 1.165) is 22.4 Å². The first-order chi connectivity index (χ1) is 15.5. The quantitative estimate of drug-likeness (QED) is 0.475. The molecule has 32 heavy (non-hydrogen) atoms. The normalized spacial score (nSPS) is 10.7. The molecule has 2 aromatic heterocycles. The van der Waals surface area contributed by atoms with Crippen LogP contribution in [-0.2, 0) is 13.5 Å². The van der Waals surface area contributed by atoms with Crippen LogP contribution in [0.2, 0.25) is 0 Å². The average Bonchev–Trinajstić information content (AvgIpc) is 3.21. The summed E-state index contributed by atoms with van der Waals surface area (Å²) in [4.78, 5) is 21.4. The van der Waals surface area contributed by atoms with Crippen molar-refractivity contribution in [3.05, 3.63) is 90.3 Å². The molecule has 4 rings (SSSR count). The van der Waals surface area contributed by atoms with E-state index in [4.69, 9.17) is 4.74 Å². The summed E-state index contributed by atoms with van der Waals surface area (Å²) in [5.41, 5.74) is 3.85. The smallest absolute Gasteiger partial charge is 0.267 e. The Morgan fingerprint density at radius 2 is 1.81 bits per heavy atom. The van der Waals surface area contributed by atoms with Crippen molar-refractivity contribution in [3.63, 3.8) is 0 Å². The molecule has 1 amide bonds. The standard InChI is InChI=1S/C25H23FN4O2/c1-30-16-19(20-14-28-24(29-15-20)18-6-4-7-21(26)12-18)13-23(30)25(31)27-10-9-17-5-3-8-22(11-17)32-2/h3-8,11-16H,9-10H2,1-2H3,(H,27,31). The summed E-state index contributed by atoms with van der Waals surface area (Å²) in [7, 11) is 3.45. The molecule has 1 N–H and O–H groups in total. The Morgan fingerprint density at radius 3 is 2.56 bits per heavy atom. The number of hydrogen-bond acceptors (Lipinski definition) is 4. The van der Waals surface area contributed by atoms with Crippen LogP contribution in [0.1, 0.15) is 16.1 Å². The average molecular weight is 430 g/mol. The van der Waals surface area contributed by atoms with E-state index in [1.54, 1.807) is 42.3 Å². The van der Waals surface area contributed by atoms with Gasteiger partial charge in [-0.15, -0.1) is 0 Å². The second-order valence-electron chi connectivity index (χ2n) is 7.39. The number of rotatable bonds is 7. The minimum absolute atomic E-state index is 0.154. The predicted molar refractivity (Wildman–Crippen MR) is 121 cm³/mol. The van der Waals surface area contributed by atoms with Crippen molar-refractivity contribution in [2.24, 2.45) is 7.05 Å². The largest absolute Gasteiger partial charge is 0.497 e. The van der Waals surface area contributed by atoms with E-state index in [1.165, 1.54) is 12.1 Å². The third-order valence-electron chi connectivity index (χ3n) is 5.14. The summed E-state index contributed by atoms with van der Waals surface area (Å²) >= 11 is 0. The predicted octanol–water partition coefficient (Wildman–Crippen LogP) is 4.27. The minimum Gasteiger partial charge on any atom is -0.497 e. The summed E-state index contributed by atoms with van der Waals surface area (Å²) in [6.45, 7) is 0.512. The number of ether oxygens (including phenoxy) is 1. The first-order valence-electron chi connectivity index (χ1n) is 10.2. The molecule has 2 aromatic carbocycles. The van der Waals surface area contributed by atoms with Crippen LogP contribution in [0.15, 0.2) is 73.2 Å². The Morgan fingerprint density at radius 1 is 1.03 bits per heavy atom. The van der Waals surface area contributed by atoms with Crippen LogP contribution in [0, 0.1) is 5.82 Å². The molecule has 2 heterocycles. The summed E-state index contributed by atoms with van der Waals surface area (Å²) in [6.07, 6.45) is 5.91. The SMILES string of the molecule is COc1cccc(CCNC(=O)c2cc(-c3cnc(-c4cccc(F)c4)nc3)cn2C)c1. The van der Waals surface area contributed by atoms with Crippen LogP contribution in [0.5, 0.6) is 5.75 Å². The number of methoxy groups -OCH3 is 1. The van der Waals surface area contributed by atoms with Gasteiger partial charge in [0.1, 0.15) is 17.3 Å². The Bertz CT molecular complexity index is 1230. The lowest BCUT2D eigenvalue weighted by Gasteiger charge is -2.07. The summed E-state index contributed by atoms with van der Waals surface area (Å²) < 4.78 is 20.4. The van der Waals surface area contributed by atoms with E-state index < -0.39 is 0 Å². The summed E-state index contributed by atoms with van der Waals surface area (Å²) in [6, 6.07) is 15.7. The number of carbonyl (C=O) groups excluding carboxylic acids is 1. The molecule has 0 unspecified atom stereocenters. The second-order valence-corrected chi connectivity index (χ2v) is 7.39. The van der Waals surface area contributed by atoms with Crippen molar-refractivity contribution in [1.29, 1.82) is 0 Å². The number of nitrogens with zero attached hydrogens (tertiary/aromatic N) is 3. The molecule has 0 aliphatic heterocycles. The number of aromatic nitrogens is 3. The highest BCUT2D eigenvalue weighted by Crippen LogP contribution is 2.23. The molecule has 6 nitrogen and oxygen atoms in total. The van der Waals surface area contributed by atoms with Crippen molar-refractivity contribution in [3.8, 4) is 28.3 Å². The van der Waals surface area contributed by atoms with Crippen LogP contribution >= 0.6 is 0 Å². The van der Waals surface area contributed by atoms with Crippen molar-refractivity contribution in [2.75, 3.05) is 13.7 Å². The van der Waals surface area contributed by atoms with Crippen LogP contribution < -0.4 is 10.1 Å². The molecule has 0 atom stereocenters. The first-order valence-corrected chi connectivity index (χ1v) is 10.2. The number of carbonyl (C=O) groups is 1. The van der Waals surface area contributed by atoms with Gasteiger partial charge in [-0.1, -0.05) is 24.3 Å². The van der Waals surface area contributed by atoms with Gasteiger partial charge in [-0.05, 0) is 42.3 Å². The zero-order chi connectivity index (χ0) is 22.5. The van der Waals surface area contributed by atoms with Gasteiger partial charge in [-0.25, -0.2) is 14.4 Å². The van der Waals surface area contributed by atoms with Gasteiger partial charge in [0.15, 0.2) is 5.82 Å². The third kappa shape index (κ3) is 4.83. The van der Waals surface area contributed by atoms with E-state index in [1.807, 2.05) is 37.5 Å². The molecule has 162 valence electrons. The van der Waals surface area contributed by atoms with Gasteiger partial charge in [-0.3, -0.25) is 4.79 Å². The number of aryl methyl sites for hydroxylation is 1. The zero-order valence-corrected chi connectivity index (χ0v) is 17.9. The molecule has 0 bridgehead atoms. The number of nitrogens with one attached hydrogen (secondary N) is 1. The lowest BCUT2D eigenvalue weighted by Crippen LogP contribution is -2.27. The molecule has 0 spiro atoms. The molecule has 7 heteroatoms. The fourth-order valence-corrected chi connectivity index (χ4v) is 3.44. The van der Waals surface area contributed by atoms with Gasteiger partial charge in [0.05, 0.1) is 7.11 Å². The highest BCUT2D eigenvalue weighted by atomic mass is 19.1. The Labute approximate surface area is 185 Å². The number of halogens is 1. The Kier molecular flexibility index (Phi) is 6.26. The molecule has 0 radical (unpaired) electrons. The highest BCUT2D eigenvalue weighted by Gasteiger charge is 2.13. The molecule has 0 aliphatic rings. The number of hydrogen-bond donors (Lipinski definition) is 1. The minimum atomic E-state index is -0.333. The van der Waals surface area contributed by atoms with Crippen LogP contribution in [0.25, 0.3) is 22.5 Å². The zero-order valence-electron chi connectivity index (χ0n) is 17.9. The summed E-state index contributed by atoms with van der Waals surface area (Å²) in [5, 5.41) is 2.96. The van der Waals surface area contributed by atoms with Crippen molar-refractivity contribution in [2.45, 2.75) is 6.42 Å². The highest BCUT2D eigenvalue weighted by molar-refractivity contribution is 5.94. The maximum atomic E-state index is 13.4. The van der Waals surface area contributed by atoms with Crippen LogP contribution in [-0.4, -0.2) is 34.1 Å². The van der Waals surface area contributed by atoms with E-state index in [-0.39, 0.29) is 11.7 Å². The molecule has 4 aromatic rings. The Balaban J connectivity index is 1.42.